The number of hydrogen-bond donors (Lipinski definition) is 1. The molecule has 2 aliphatic rings. The average Bonchev–Trinajstić information content (AvgIpc) is 2.91. The highest BCUT2D eigenvalue weighted by Gasteiger charge is 2.25. The molecule has 18 heavy (non-hydrogen) atoms. The standard InChI is InChI=1S/C15H21NO2/c1-17-12-6-7-15-13(10-12)14(8-9-18-15)16-11-4-2-3-5-11/h6-7,10-11,14,16H,2-5,8-9H2,1H3. The second-order valence-electron chi connectivity index (χ2n) is 5.24. The molecular weight excluding hydrogens is 226 g/mol. The summed E-state index contributed by atoms with van der Waals surface area (Å²) in [5.41, 5.74) is 1.26. The van der Waals surface area contributed by atoms with Gasteiger partial charge in [0.25, 0.3) is 0 Å². The normalized spacial score (nSPS) is 23.5. The Balaban J connectivity index is 1.80. The van der Waals surface area contributed by atoms with Gasteiger partial charge in [0.05, 0.1) is 13.7 Å². The minimum Gasteiger partial charge on any atom is -0.497 e. The van der Waals surface area contributed by atoms with Crippen molar-refractivity contribution in [3.63, 3.8) is 0 Å². The van der Waals surface area contributed by atoms with Crippen LogP contribution in [0.15, 0.2) is 18.2 Å². The van der Waals surface area contributed by atoms with E-state index in [2.05, 4.69) is 11.4 Å². The summed E-state index contributed by atoms with van der Waals surface area (Å²) in [5.74, 6) is 1.93. The fourth-order valence-electron chi connectivity index (χ4n) is 3.05. The Morgan fingerprint density at radius 3 is 2.83 bits per heavy atom. The van der Waals surface area contributed by atoms with E-state index in [1.165, 1.54) is 31.2 Å². The third-order valence-corrected chi connectivity index (χ3v) is 4.05. The molecule has 3 rings (SSSR count). The van der Waals surface area contributed by atoms with Gasteiger partial charge in [0.15, 0.2) is 0 Å². The van der Waals surface area contributed by atoms with Crippen LogP contribution in [0.25, 0.3) is 0 Å². The van der Waals surface area contributed by atoms with Gasteiger partial charge in [0, 0.05) is 24.1 Å². The van der Waals surface area contributed by atoms with Gasteiger partial charge in [0.2, 0.25) is 0 Å². The number of ether oxygens (including phenoxy) is 2. The Bertz CT molecular complexity index is 413. The van der Waals surface area contributed by atoms with Crippen molar-refractivity contribution in [1.82, 2.24) is 5.32 Å². The van der Waals surface area contributed by atoms with Crippen LogP contribution >= 0.6 is 0 Å². The molecule has 0 bridgehead atoms. The molecular formula is C15H21NO2. The lowest BCUT2D eigenvalue weighted by Gasteiger charge is -2.29. The Morgan fingerprint density at radius 1 is 1.22 bits per heavy atom. The highest BCUT2D eigenvalue weighted by atomic mass is 16.5. The van der Waals surface area contributed by atoms with E-state index >= 15 is 0 Å². The van der Waals surface area contributed by atoms with Gasteiger partial charge in [-0.2, -0.15) is 0 Å². The first-order valence-corrected chi connectivity index (χ1v) is 6.93. The van der Waals surface area contributed by atoms with Crippen LogP contribution in [0.4, 0.5) is 0 Å². The van der Waals surface area contributed by atoms with Crippen LogP contribution in [0.5, 0.6) is 11.5 Å². The van der Waals surface area contributed by atoms with Crippen molar-refractivity contribution in [3.05, 3.63) is 23.8 Å². The third-order valence-electron chi connectivity index (χ3n) is 4.05. The van der Waals surface area contributed by atoms with Gasteiger partial charge in [-0.15, -0.1) is 0 Å². The van der Waals surface area contributed by atoms with Crippen LogP contribution in [0, 0.1) is 0 Å². The smallest absolute Gasteiger partial charge is 0.124 e. The Labute approximate surface area is 108 Å². The first-order chi connectivity index (χ1) is 8.86. The molecule has 0 radical (unpaired) electrons. The maximum atomic E-state index is 5.72. The lowest BCUT2D eigenvalue weighted by Crippen LogP contribution is -2.33. The van der Waals surface area contributed by atoms with Crippen molar-refractivity contribution < 1.29 is 9.47 Å². The van der Waals surface area contributed by atoms with Gasteiger partial charge in [-0.3, -0.25) is 0 Å². The molecule has 1 aromatic carbocycles. The number of fused-ring (bicyclic) bond motifs is 1. The van der Waals surface area contributed by atoms with Crippen molar-refractivity contribution in [3.8, 4) is 11.5 Å². The maximum absolute atomic E-state index is 5.72. The summed E-state index contributed by atoms with van der Waals surface area (Å²) in [6.45, 7) is 0.809. The number of nitrogens with one attached hydrogen (secondary N) is 1. The van der Waals surface area contributed by atoms with E-state index in [1.54, 1.807) is 7.11 Å². The molecule has 1 aliphatic heterocycles. The van der Waals surface area contributed by atoms with E-state index in [1.807, 2.05) is 12.1 Å². The van der Waals surface area contributed by atoms with Crippen LogP contribution in [0.1, 0.15) is 43.7 Å². The van der Waals surface area contributed by atoms with E-state index in [0.717, 1.165) is 24.5 Å². The lowest BCUT2D eigenvalue weighted by molar-refractivity contribution is 0.243. The largest absolute Gasteiger partial charge is 0.497 e. The molecule has 1 heterocycles. The SMILES string of the molecule is COc1ccc2c(c1)C(NC1CCCC1)CCO2. The van der Waals surface area contributed by atoms with Crippen molar-refractivity contribution >= 4 is 0 Å². The van der Waals surface area contributed by atoms with E-state index in [0.29, 0.717) is 12.1 Å². The molecule has 0 aromatic heterocycles. The molecule has 1 N–H and O–H groups in total. The molecule has 98 valence electrons. The summed E-state index contributed by atoms with van der Waals surface area (Å²) >= 11 is 0. The van der Waals surface area contributed by atoms with Gasteiger partial charge in [-0.05, 0) is 31.0 Å². The predicted octanol–water partition coefficient (Wildman–Crippen LogP) is 3.05. The second kappa shape index (κ2) is 5.19. The monoisotopic (exact) mass is 247 g/mol. The van der Waals surface area contributed by atoms with E-state index in [9.17, 15) is 0 Å². The molecule has 1 saturated carbocycles. The molecule has 0 spiro atoms. The van der Waals surface area contributed by atoms with E-state index in [4.69, 9.17) is 9.47 Å². The minimum atomic E-state index is 0.423. The van der Waals surface area contributed by atoms with Gasteiger partial charge in [-0.1, -0.05) is 12.8 Å². The molecule has 3 heteroatoms. The third kappa shape index (κ3) is 2.32. The predicted molar refractivity (Wildman–Crippen MR) is 71.2 cm³/mol. The summed E-state index contributed by atoms with van der Waals surface area (Å²) in [6, 6.07) is 7.22. The van der Waals surface area contributed by atoms with Crippen molar-refractivity contribution in [2.75, 3.05) is 13.7 Å². The zero-order valence-corrected chi connectivity index (χ0v) is 10.9. The molecule has 1 aromatic rings. The molecule has 0 amide bonds. The topological polar surface area (TPSA) is 30.5 Å². The number of rotatable bonds is 3. The van der Waals surface area contributed by atoms with Gasteiger partial charge < -0.3 is 14.8 Å². The Kier molecular flexibility index (Phi) is 3.41. The first-order valence-electron chi connectivity index (χ1n) is 6.93. The molecule has 1 aliphatic carbocycles. The minimum absolute atomic E-state index is 0.423. The second-order valence-corrected chi connectivity index (χ2v) is 5.24. The van der Waals surface area contributed by atoms with Crippen LogP contribution in [0.2, 0.25) is 0 Å². The molecule has 1 unspecified atom stereocenters. The highest BCUT2D eigenvalue weighted by Crippen LogP contribution is 2.36. The quantitative estimate of drug-likeness (QED) is 0.890. The van der Waals surface area contributed by atoms with Crippen LogP contribution in [0.3, 0.4) is 0 Å². The molecule has 0 saturated heterocycles. The fourth-order valence-corrected chi connectivity index (χ4v) is 3.05. The van der Waals surface area contributed by atoms with Crippen molar-refractivity contribution in [2.45, 2.75) is 44.2 Å². The zero-order valence-electron chi connectivity index (χ0n) is 10.9. The van der Waals surface area contributed by atoms with Crippen molar-refractivity contribution in [2.24, 2.45) is 0 Å². The van der Waals surface area contributed by atoms with Gasteiger partial charge in [-0.25, -0.2) is 0 Å². The maximum Gasteiger partial charge on any atom is 0.124 e. The van der Waals surface area contributed by atoms with Crippen LogP contribution in [-0.4, -0.2) is 19.8 Å². The summed E-state index contributed by atoms with van der Waals surface area (Å²) in [7, 11) is 1.71. The summed E-state index contributed by atoms with van der Waals surface area (Å²) in [6.07, 6.45) is 6.42. The molecule has 1 fully saturated rings. The number of benzene rings is 1. The van der Waals surface area contributed by atoms with E-state index < -0.39 is 0 Å². The lowest BCUT2D eigenvalue weighted by atomic mass is 9.99. The summed E-state index contributed by atoms with van der Waals surface area (Å²) in [5, 5.41) is 3.79. The average molecular weight is 247 g/mol. The van der Waals surface area contributed by atoms with Gasteiger partial charge >= 0.3 is 0 Å². The zero-order chi connectivity index (χ0) is 12.4. The molecule has 1 atom stereocenters. The number of hydrogen-bond acceptors (Lipinski definition) is 3. The Hall–Kier alpha value is -1.22. The fraction of sp³-hybridized carbons (Fsp3) is 0.600. The summed E-state index contributed by atoms with van der Waals surface area (Å²) in [4.78, 5) is 0. The van der Waals surface area contributed by atoms with Crippen molar-refractivity contribution in [1.29, 1.82) is 0 Å². The number of methoxy groups -OCH3 is 1. The van der Waals surface area contributed by atoms with Gasteiger partial charge in [0.1, 0.15) is 11.5 Å². The molecule has 3 nitrogen and oxygen atoms in total. The first kappa shape index (κ1) is 11.8. The van der Waals surface area contributed by atoms with Crippen LogP contribution < -0.4 is 14.8 Å². The van der Waals surface area contributed by atoms with E-state index in [-0.39, 0.29) is 0 Å². The summed E-state index contributed by atoms with van der Waals surface area (Å²) < 4.78 is 11.0. The highest BCUT2D eigenvalue weighted by molar-refractivity contribution is 5.43. The Morgan fingerprint density at radius 2 is 2.06 bits per heavy atom. The van der Waals surface area contributed by atoms with Crippen LogP contribution in [-0.2, 0) is 0 Å².